The predicted molar refractivity (Wildman–Crippen MR) is 69.2 cm³/mol. The lowest BCUT2D eigenvalue weighted by molar-refractivity contribution is -0.150. The molecule has 0 aromatic rings. The van der Waals surface area contributed by atoms with Crippen LogP contribution in [-0.4, -0.2) is 48.7 Å². The second-order valence-corrected chi connectivity index (χ2v) is 5.68. The predicted octanol–water partition coefficient (Wildman–Crippen LogP) is 1.56. The van der Waals surface area contributed by atoms with E-state index in [2.05, 4.69) is 5.32 Å². The molecule has 1 saturated carbocycles. The topological polar surface area (TPSA) is 52.6 Å². The maximum atomic E-state index is 11.4. The normalized spacial score (nSPS) is 29.0. The van der Waals surface area contributed by atoms with Gasteiger partial charge in [0.25, 0.3) is 0 Å². The first-order valence-corrected chi connectivity index (χ1v) is 6.48. The summed E-state index contributed by atoms with van der Waals surface area (Å²) in [6, 6.07) is 0.627. The maximum absolute atomic E-state index is 11.4. The molecular weight excluding hydrogens is 216 g/mol. The average Bonchev–Trinajstić information content (AvgIpc) is 2.29. The zero-order valence-electron chi connectivity index (χ0n) is 11.5. The van der Waals surface area contributed by atoms with Gasteiger partial charge in [-0.05, 0) is 66.1 Å². The molecule has 0 heterocycles. The number of likely N-dealkylation sites (N-methyl/N-ethyl adjacent to an activating group) is 1. The SMILES string of the molecule is CNC1CCC(CC(C)(C(=O)O)N(C)C)CC1. The molecule has 2 N–H and O–H groups in total. The lowest BCUT2D eigenvalue weighted by Crippen LogP contribution is -2.50. The van der Waals surface area contributed by atoms with Crippen LogP contribution >= 0.6 is 0 Å². The number of carbonyl (C=O) groups is 1. The monoisotopic (exact) mass is 242 g/mol. The zero-order valence-corrected chi connectivity index (χ0v) is 11.5. The van der Waals surface area contributed by atoms with Crippen LogP contribution in [0.25, 0.3) is 0 Å². The summed E-state index contributed by atoms with van der Waals surface area (Å²) >= 11 is 0. The molecule has 0 aliphatic heterocycles. The quantitative estimate of drug-likeness (QED) is 0.768. The van der Waals surface area contributed by atoms with E-state index in [1.165, 1.54) is 12.8 Å². The first-order valence-electron chi connectivity index (χ1n) is 6.48. The summed E-state index contributed by atoms with van der Waals surface area (Å²) in [5.41, 5.74) is -0.725. The molecule has 0 aromatic heterocycles. The van der Waals surface area contributed by atoms with Gasteiger partial charge >= 0.3 is 5.97 Å². The van der Waals surface area contributed by atoms with Crippen molar-refractivity contribution < 1.29 is 9.90 Å². The molecule has 1 aliphatic rings. The molecule has 1 aliphatic carbocycles. The molecule has 0 radical (unpaired) electrons. The molecule has 1 rings (SSSR count). The van der Waals surface area contributed by atoms with Crippen LogP contribution < -0.4 is 5.32 Å². The Labute approximate surface area is 104 Å². The number of nitrogens with one attached hydrogen (secondary N) is 1. The molecule has 1 fully saturated rings. The molecule has 1 unspecified atom stereocenters. The van der Waals surface area contributed by atoms with Gasteiger partial charge in [-0.2, -0.15) is 0 Å². The highest BCUT2D eigenvalue weighted by Crippen LogP contribution is 2.32. The van der Waals surface area contributed by atoms with Crippen molar-refractivity contribution in [1.82, 2.24) is 10.2 Å². The van der Waals surface area contributed by atoms with Crippen LogP contribution in [0.5, 0.6) is 0 Å². The minimum absolute atomic E-state index is 0.545. The van der Waals surface area contributed by atoms with Crippen molar-refractivity contribution in [2.45, 2.75) is 50.6 Å². The number of aliphatic carboxylic acids is 1. The number of hydrogen-bond donors (Lipinski definition) is 2. The Kier molecular flexibility index (Phi) is 4.95. The molecule has 0 saturated heterocycles. The number of hydrogen-bond acceptors (Lipinski definition) is 3. The molecular formula is C13H26N2O2. The standard InChI is InChI=1S/C13H26N2O2/c1-13(12(16)17,15(3)4)9-10-5-7-11(14-2)8-6-10/h10-11,14H,5-9H2,1-4H3,(H,16,17). The maximum Gasteiger partial charge on any atom is 0.323 e. The minimum Gasteiger partial charge on any atom is -0.480 e. The van der Waals surface area contributed by atoms with E-state index in [1.54, 1.807) is 0 Å². The van der Waals surface area contributed by atoms with Gasteiger partial charge in [-0.3, -0.25) is 9.69 Å². The zero-order chi connectivity index (χ0) is 13.1. The fourth-order valence-corrected chi connectivity index (χ4v) is 2.68. The van der Waals surface area contributed by atoms with E-state index in [-0.39, 0.29) is 0 Å². The third-order valence-electron chi connectivity index (χ3n) is 4.39. The van der Waals surface area contributed by atoms with Crippen LogP contribution in [0.2, 0.25) is 0 Å². The molecule has 0 amide bonds. The summed E-state index contributed by atoms with van der Waals surface area (Å²) in [5, 5.41) is 12.7. The van der Waals surface area contributed by atoms with Crippen molar-refractivity contribution in [3.63, 3.8) is 0 Å². The Bertz CT molecular complexity index is 260. The molecule has 17 heavy (non-hydrogen) atoms. The fourth-order valence-electron chi connectivity index (χ4n) is 2.68. The molecule has 0 bridgehead atoms. The minimum atomic E-state index is -0.725. The van der Waals surface area contributed by atoms with Crippen molar-refractivity contribution >= 4 is 5.97 Å². The molecule has 100 valence electrons. The summed E-state index contributed by atoms with van der Waals surface area (Å²) in [7, 11) is 5.72. The van der Waals surface area contributed by atoms with E-state index in [1.807, 2.05) is 33.0 Å². The summed E-state index contributed by atoms with van der Waals surface area (Å²) in [5.74, 6) is -0.165. The van der Waals surface area contributed by atoms with E-state index in [0.717, 1.165) is 19.3 Å². The van der Waals surface area contributed by atoms with Gasteiger partial charge in [0.2, 0.25) is 0 Å². The molecule has 4 nitrogen and oxygen atoms in total. The van der Waals surface area contributed by atoms with Crippen molar-refractivity contribution in [2.75, 3.05) is 21.1 Å². The second-order valence-electron chi connectivity index (χ2n) is 5.68. The number of carboxylic acid groups (broad SMARTS) is 1. The van der Waals surface area contributed by atoms with Gasteiger partial charge in [-0.15, -0.1) is 0 Å². The van der Waals surface area contributed by atoms with Crippen molar-refractivity contribution in [1.29, 1.82) is 0 Å². The number of nitrogens with zero attached hydrogens (tertiary/aromatic N) is 1. The van der Waals surface area contributed by atoms with Crippen LogP contribution in [0.4, 0.5) is 0 Å². The van der Waals surface area contributed by atoms with Crippen molar-refractivity contribution in [3.05, 3.63) is 0 Å². The largest absolute Gasteiger partial charge is 0.480 e. The first-order chi connectivity index (χ1) is 7.90. The second kappa shape index (κ2) is 5.83. The van der Waals surface area contributed by atoms with Crippen molar-refractivity contribution in [2.24, 2.45) is 5.92 Å². The first kappa shape index (κ1) is 14.5. The Morgan fingerprint density at radius 3 is 2.24 bits per heavy atom. The fraction of sp³-hybridized carbons (Fsp3) is 0.923. The van der Waals surface area contributed by atoms with Gasteiger partial charge in [0, 0.05) is 6.04 Å². The highest BCUT2D eigenvalue weighted by atomic mass is 16.4. The Hall–Kier alpha value is -0.610. The van der Waals surface area contributed by atoms with E-state index < -0.39 is 11.5 Å². The summed E-state index contributed by atoms with van der Waals surface area (Å²) in [6.07, 6.45) is 5.38. The Balaban J connectivity index is 2.55. The van der Waals surface area contributed by atoms with Crippen molar-refractivity contribution in [3.8, 4) is 0 Å². The summed E-state index contributed by atoms with van der Waals surface area (Å²) < 4.78 is 0. The lowest BCUT2D eigenvalue weighted by atomic mass is 9.78. The third kappa shape index (κ3) is 3.42. The molecule has 4 heteroatoms. The third-order valence-corrected chi connectivity index (χ3v) is 4.39. The van der Waals surface area contributed by atoms with Gasteiger partial charge < -0.3 is 10.4 Å². The van der Waals surface area contributed by atoms with Crippen LogP contribution in [0.3, 0.4) is 0 Å². The molecule has 0 spiro atoms. The average molecular weight is 242 g/mol. The lowest BCUT2D eigenvalue weighted by Gasteiger charge is -2.37. The highest BCUT2D eigenvalue weighted by Gasteiger charge is 2.38. The van der Waals surface area contributed by atoms with Crippen LogP contribution in [0.15, 0.2) is 0 Å². The van der Waals surface area contributed by atoms with Gasteiger partial charge in [0.15, 0.2) is 0 Å². The summed E-state index contributed by atoms with van der Waals surface area (Å²) in [6.45, 7) is 1.83. The molecule has 0 aromatic carbocycles. The highest BCUT2D eigenvalue weighted by molar-refractivity contribution is 5.78. The number of carboxylic acids is 1. The number of rotatable bonds is 5. The Morgan fingerprint density at radius 1 is 1.35 bits per heavy atom. The Morgan fingerprint density at radius 2 is 1.88 bits per heavy atom. The molecule has 1 atom stereocenters. The smallest absolute Gasteiger partial charge is 0.323 e. The van der Waals surface area contributed by atoms with Gasteiger partial charge in [-0.1, -0.05) is 0 Å². The van der Waals surface area contributed by atoms with E-state index in [4.69, 9.17) is 0 Å². The van der Waals surface area contributed by atoms with Crippen LogP contribution in [0, 0.1) is 5.92 Å². The van der Waals surface area contributed by atoms with Gasteiger partial charge in [-0.25, -0.2) is 0 Å². The van der Waals surface area contributed by atoms with Crippen LogP contribution in [0.1, 0.15) is 39.0 Å². The van der Waals surface area contributed by atoms with Gasteiger partial charge in [0.1, 0.15) is 5.54 Å². The summed E-state index contributed by atoms with van der Waals surface area (Å²) in [4.78, 5) is 13.2. The van der Waals surface area contributed by atoms with Gasteiger partial charge in [0.05, 0.1) is 0 Å². The van der Waals surface area contributed by atoms with Crippen LogP contribution in [-0.2, 0) is 4.79 Å². The van der Waals surface area contributed by atoms with E-state index in [0.29, 0.717) is 12.0 Å². The van der Waals surface area contributed by atoms with E-state index >= 15 is 0 Å². The van der Waals surface area contributed by atoms with E-state index in [9.17, 15) is 9.90 Å².